The van der Waals surface area contributed by atoms with Crippen LogP contribution in [0.5, 0.6) is 0 Å². The topological polar surface area (TPSA) is 72.5 Å². The Hall–Kier alpha value is -1.90. The maximum Gasteiger partial charge on any atom is 0.471 e. The highest BCUT2D eigenvalue weighted by molar-refractivity contribution is 7.18. The van der Waals surface area contributed by atoms with Crippen molar-refractivity contribution < 1.29 is 32.3 Å². The smallest absolute Gasteiger partial charge is 0.462 e. The lowest BCUT2D eigenvalue weighted by molar-refractivity contribution is -0.167. The third-order valence-electron chi connectivity index (χ3n) is 2.43. The molecule has 5 nitrogen and oxygen atoms in total. The minimum Gasteiger partial charge on any atom is -0.462 e. The van der Waals surface area contributed by atoms with Crippen molar-refractivity contribution in [3.05, 3.63) is 16.0 Å². The van der Waals surface area contributed by atoms with Crippen molar-refractivity contribution in [2.75, 3.05) is 11.9 Å². The highest BCUT2D eigenvalue weighted by Crippen LogP contribution is 2.35. The molecule has 0 saturated heterocycles. The highest BCUT2D eigenvalue weighted by Gasteiger charge is 2.40. The van der Waals surface area contributed by atoms with Gasteiger partial charge in [-0.3, -0.25) is 9.59 Å². The zero-order valence-corrected chi connectivity index (χ0v) is 12.2. The van der Waals surface area contributed by atoms with Gasteiger partial charge in [-0.05, 0) is 26.3 Å². The molecule has 1 amide bonds. The molecule has 1 aromatic heterocycles. The highest BCUT2D eigenvalue weighted by atomic mass is 32.1. The molecule has 1 aromatic rings. The maximum absolute atomic E-state index is 12.3. The van der Waals surface area contributed by atoms with Gasteiger partial charge in [-0.1, -0.05) is 0 Å². The van der Waals surface area contributed by atoms with E-state index in [0.29, 0.717) is 11.3 Å². The molecule has 0 radical (unpaired) electrons. The molecule has 1 N–H and O–H groups in total. The summed E-state index contributed by atoms with van der Waals surface area (Å²) in [7, 11) is 0. The number of Topliss-reactive ketones (excluding diaryl/α,β-unsaturated/α-hetero) is 1. The summed E-state index contributed by atoms with van der Waals surface area (Å²) in [6.07, 6.45) is -5.10. The minimum absolute atomic E-state index is 0.0101. The molecule has 0 aliphatic heterocycles. The van der Waals surface area contributed by atoms with Gasteiger partial charge in [-0.2, -0.15) is 13.2 Å². The van der Waals surface area contributed by atoms with Crippen LogP contribution in [0, 0.1) is 6.92 Å². The summed E-state index contributed by atoms with van der Waals surface area (Å²) >= 11 is 0.611. The van der Waals surface area contributed by atoms with Gasteiger partial charge in [0.1, 0.15) is 5.00 Å². The third kappa shape index (κ3) is 3.81. The van der Waals surface area contributed by atoms with E-state index in [0.717, 1.165) is 0 Å². The zero-order valence-electron chi connectivity index (χ0n) is 11.4. The van der Waals surface area contributed by atoms with Crippen LogP contribution in [0.3, 0.4) is 0 Å². The van der Waals surface area contributed by atoms with E-state index >= 15 is 0 Å². The second-order valence-electron chi connectivity index (χ2n) is 3.99. The molecule has 0 aliphatic rings. The van der Waals surface area contributed by atoms with Crippen LogP contribution < -0.4 is 5.32 Å². The summed E-state index contributed by atoms with van der Waals surface area (Å²) in [6, 6.07) is 0. The van der Waals surface area contributed by atoms with Crippen LogP contribution in [0.1, 0.15) is 39.4 Å². The Bertz CT molecular complexity index is 592. The molecule has 1 rings (SSSR count). The van der Waals surface area contributed by atoms with Crippen molar-refractivity contribution in [3.63, 3.8) is 0 Å². The zero-order chi connectivity index (χ0) is 16.4. The van der Waals surface area contributed by atoms with Crippen LogP contribution in [0.4, 0.5) is 18.2 Å². The van der Waals surface area contributed by atoms with Crippen molar-refractivity contribution in [1.82, 2.24) is 0 Å². The van der Waals surface area contributed by atoms with E-state index < -0.39 is 23.8 Å². The average molecular weight is 323 g/mol. The molecule has 9 heteroatoms. The van der Waals surface area contributed by atoms with Gasteiger partial charge in [0.05, 0.1) is 17.0 Å². The number of amides is 1. The minimum atomic E-state index is -5.10. The van der Waals surface area contributed by atoms with Crippen molar-refractivity contribution in [3.8, 4) is 0 Å². The largest absolute Gasteiger partial charge is 0.471 e. The normalized spacial score (nSPS) is 11.1. The molecule has 0 saturated carbocycles. The predicted octanol–water partition coefficient (Wildman–Crippen LogP) is 2.94. The number of thiophene rings is 1. The van der Waals surface area contributed by atoms with E-state index in [1.807, 2.05) is 0 Å². The van der Waals surface area contributed by atoms with Gasteiger partial charge >= 0.3 is 18.1 Å². The van der Waals surface area contributed by atoms with Gasteiger partial charge in [-0.25, -0.2) is 4.79 Å². The monoisotopic (exact) mass is 323 g/mol. The second kappa shape index (κ2) is 6.25. The van der Waals surface area contributed by atoms with Crippen LogP contribution in [0.25, 0.3) is 0 Å². The molecule has 1 heterocycles. The van der Waals surface area contributed by atoms with E-state index in [-0.39, 0.29) is 27.6 Å². The number of anilines is 1. The first-order chi connectivity index (χ1) is 9.59. The summed E-state index contributed by atoms with van der Waals surface area (Å²) < 4.78 is 41.6. The van der Waals surface area contributed by atoms with Gasteiger partial charge in [0.2, 0.25) is 0 Å². The Labute approximate surface area is 122 Å². The Balaban J connectivity index is 3.30. The predicted molar refractivity (Wildman–Crippen MR) is 69.7 cm³/mol. The fourth-order valence-electron chi connectivity index (χ4n) is 1.56. The molecule has 0 bridgehead atoms. The Kier molecular flexibility index (Phi) is 5.10. The molecular formula is C12H12F3NO4S. The average Bonchev–Trinajstić information content (AvgIpc) is 2.65. The number of halogens is 3. The summed E-state index contributed by atoms with van der Waals surface area (Å²) in [5.74, 6) is -3.53. The molecule has 0 spiro atoms. The fraction of sp³-hybridized carbons (Fsp3) is 0.417. The van der Waals surface area contributed by atoms with Crippen molar-refractivity contribution in [2.24, 2.45) is 0 Å². The van der Waals surface area contributed by atoms with E-state index in [4.69, 9.17) is 4.74 Å². The number of nitrogens with one attached hydrogen (secondary N) is 1. The first-order valence-electron chi connectivity index (χ1n) is 5.79. The van der Waals surface area contributed by atoms with Crippen LogP contribution in [0.15, 0.2) is 0 Å². The molecule has 0 fully saturated rings. The number of alkyl halides is 3. The summed E-state index contributed by atoms with van der Waals surface area (Å²) in [5, 5.41) is 1.26. The SMILES string of the molecule is CCOC(=O)c1c(NC(=O)C(F)(F)F)sc(C(C)=O)c1C. The van der Waals surface area contributed by atoms with Gasteiger partial charge in [0.25, 0.3) is 0 Å². The van der Waals surface area contributed by atoms with E-state index in [1.54, 1.807) is 5.32 Å². The van der Waals surface area contributed by atoms with E-state index in [9.17, 15) is 27.6 Å². The van der Waals surface area contributed by atoms with Crippen LogP contribution in [0.2, 0.25) is 0 Å². The van der Waals surface area contributed by atoms with Crippen LogP contribution in [-0.4, -0.2) is 30.4 Å². The standard InChI is InChI=1S/C12H12F3NO4S/c1-4-20-10(18)7-5(2)8(6(3)17)21-9(7)16-11(19)12(13,14)15/h4H2,1-3H3,(H,16,19). The van der Waals surface area contributed by atoms with Gasteiger partial charge < -0.3 is 10.1 Å². The number of esters is 1. The number of carbonyl (C=O) groups excluding carboxylic acids is 3. The van der Waals surface area contributed by atoms with Crippen molar-refractivity contribution in [2.45, 2.75) is 26.9 Å². The molecular weight excluding hydrogens is 311 g/mol. The quantitative estimate of drug-likeness (QED) is 0.683. The fourth-order valence-corrected chi connectivity index (χ4v) is 2.65. The summed E-state index contributed by atoms with van der Waals surface area (Å²) in [6.45, 7) is 4.15. The van der Waals surface area contributed by atoms with Gasteiger partial charge in [0, 0.05) is 0 Å². The summed E-state index contributed by atoms with van der Waals surface area (Å²) in [5.41, 5.74) is -0.0481. The van der Waals surface area contributed by atoms with E-state index in [2.05, 4.69) is 0 Å². The first kappa shape index (κ1) is 17.2. The second-order valence-corrected chi connectivity index (χ2v) is 5.01. The number of ether oxygens (including phenoxy) is 1. The lowest BCUT2D eigenvalue weighted by Crippen LogP contribution is -2.30. The molecule has 0 aliphatic carbocycles. The number of ketones is 1. The Morgan fingerprint density at radius 1 is 1.29 bits per heavy atom. The van der Waals surface area contributed by atoms with Crippen molar-refractivity contribution >= 4 is 34.0 Å². The molecule has 0 unspecified atom stereocenters. The molecule has 0 aromatic carbocycles. The van der Waals surface area contributed by atoms with E-state index in [1.165, 1.54) is 20.8 Å². The maximum atomic E-state index is 12.3. The van der Waals surface area contributed by atoms with Crippen molar-refractivity contribution in [1.29, 1.82) is 0 Å². The first-order valence-corrected chi connectivity index (χ1v) is 6.60. The molecule has 21 heavy (non-hydrogen) atoms. The Morgan fingerprint density at radius 3 is 2.29 bits per heavy atom. The third-order valence-corrected chi connectivity index (χ3v) is 3.74. The number of hydrogen-bond donors (Lipinski definition) is 1. The van der Waals surface area contributed by atoms with Crippen LogP contribution in [-0.2, 0) is 9.53 Å². The molecule has 0 atom stereocenters. The summed E-state index contributed by atoms with van der Waals surface area (Å²) in [4.78, 5) is 34.3. The lowest BCUT2D eigenvalue weighted by Gasteiger charge is -2.08. The van der Waals surface area contributed by atoms with Gasteiger partial charge in [0.15, 0.2) is 5.78 Å². The lowest BCUT2D eigenvalue weighted by atomic mass is 10.1. The van der Waals surface area contributed by atoms with Gasteiger partial charge in [-0.15, -0.1) is 11.3 Å². The number of rotatable bonds is 4. The van der Waals surface area contributed by atoms with Crippen LogP contribution >= 0.6 is 11.3 Å². The molecule has 116 valence electrons. The number of hydrogen-bond acceptors (Lipinski definition) is 5. The number of carbonyl (C=O) groups is 3. The Morgan fingerprint density at radius 2 is 1.86 bits per heavy atom.